The van der Waals surface area contributed by atoms with Gasteiger partial charge in [-0.1, -0.05) is 6.92 Å². The van der Waals surface area contributed by atoms with Crippen molar-refractivity contribution in [2.24, 2.45) is 0 Å². The third-order valence-electron chi connectivity index (χ3n) is 3.06. The van der Waals surface area contributed by atoms with E-state index >= 15 is 0 Å². The maximum atomic E-state index is 12.0. The van der Waals surface area contributed by atoms with Gasteiger partial charge in [-0.15, -0.1) is 0 Å². The van der Waals surface area contributed by atoms with Crippen LogP contribution in [0.3, 0.4) is 0 Å². The van der Waals surface area contributed by atoms with Gasteiger partial charge in [-0.05, 0) is 37.7 Å². The summed E-state index contributed by atoms with van der Waals surface area (Å²) >= 11 is 0. The molecule has 22 heavy (non-hydrogen) atoms. The topological polar surface area (TPSA) is 70.7 Å². The smallest absolute Gasteiger partial charge is 0.238 e. The van der Waals surface area contributed by atoms with Gasteiger partial charge in [0.1, 0.15) is 0 Å². The molecule has 0 saturated heterocycles. The number of amides is 2. The molecular formula is C16H25N3O3. The van der Waals surface area contributed by atoms with Crippen LogP contribution in [0.15, 0.2) is 24.3 Å². The molecule has 0 aliphatic carbocycles. The molecule has 0 unspecified atom stereocenters. The van der Waals surface area contributed by atoms with Crippen LogP contribution in [0, 0.1) is 0 Å². The first-order valence-corrected chi connectivity index (χ1v) is 7.52. The zero-order valence-electron chi connectivity index (χ0n) is 13.5. The number of benzene rings is 1. The number of hydrogen-bond donors (Lipinski definition) is 2. The Morgan fingerprint density at radius 1 is 1.09 bits per heavy atom. The average Bonchev–Trinajstić information content (AvgIpc) is 2.48. The number of rotatable bonds is 9. The summed E-state index contributed by atoms with van der Waals surface area (Å²) in [4.78, 5) is 25.0. The molecule has 2 N–H and O–H groups in total. The molecule has 1 aromatic carbocycles. The summed E-state index contributed by atoms with van der Waals surface area (Å²) in [5.74, 6) is -0.185. The molecule has 0 aliphatic heterocycles. The minimum Gasteiger partial charge on any atom is -0.380 e. The van der Waals surface area contributed by atoms with Crippen LogP contribution < -0.4 is 10.6 Å². The van der Waals surface area contributed by atoms with E-state index in [-0.39, 0.29) is 11.8 Å². The molecule has 2 amide bonds. The van der Waals surface area contributed by atoms with Crippen molar-refractivity contribution in [1.29, 1.82) is 0 Å². The van der Waals surface area contributed by atoms with E-state index in [2.05, 4.69) is 10.6 Å². The fourth-order valence-corrected chi connectivity index (χ4v) is 1.93. The summed E-state index contributed by atoms with van der Waals surface area (Å²) in [7, 11) is 0. The second-order valence-corrected chi connectivity index (χ2v) is 4.87. The number of hydrogen-bond acceptors (Lipinski definition) is 4. The van der Waals surface area contributed by atoms with Gasteiger partial charge in [0.25, 0.3) is 0 Å². The van der Waals surface area contributed by atoms with Gasteiger partial charge in [-0.3, -0.25) is 14.5 Å². The monoisotopic (exact) mass is 307 g/mol. The van der Waals surface area contributed by atoms with E-state index < -0.39 is 0 Å². The molecule has 6 heteroatoms. The highest BCUT2D eigenvalue weighted by molar-refractivity contribution is 5.93. The third-order valence-corrected chi connectivity index (χ3v) is 3.06. The van der Waals surface area contributed by atoms with Crippen LogP contribution in [0.5, 0.6) is 0 Å². The van der Waals surface area contributed by atoms with Gasteiger partial charge in [0.05, 0.1) is 13.2 Å². The number of carbonyl (C=O) groups excluding carboxylic acids is 2. The van der Waals surface area contributed by atoms with Gasteiger partial charge in [0, 0.05) is 31.5 Å². The lowest BCUT2D eigenvalue weighted by Crippen LogP contribution is -2.35. The van der Waals surface area contributed by atoms with E-state index in [1.807, 2.05) is 18.7 Å². The lowest BCUT2D eigenvalue weighted by molar-refractivity contribution is -0.117. The van der Waals surface area contributed by atoms with Crippen molar-refractivity contribution in [3.63, 3.8) is 0 Å². The number of nitrogens with one attached hydrogen (secondary N) is 2. The molecule has 0 aliphatic rings. The second-order valence-electron chi connectivity index (χ2n) is 4.87. The maximum absolute atomic E-state index is 12.0. The molecule has 1 aromatic rings. The number of anilines is 2. The molecular weight excluding hydrogens is 282 g/mol. The summed E-state index contributed by atoms with van der Waals surface area (Å²) in [5, 5.41) is 5.53. The summed E-state index contributed by atoms with van der Waals surface area (Å²) in [6, 6.07) is 7.03. The molecule has 0 atom stereocenters. The Bertz CT molecular complexity index is 474. The molecule has 6 nitrogen and oxygen atoms in total. The van der Waals surface area contributed by atoms with E-state index in [9.17, 15) is 9.59 Å². The highest BCUT2D eigenvalue weighted by Gasteiger charge is 2.09. The molecule has 0 radical (unpaired) electrons. The van der Waals surface area contributed by atoms with E-state index in [0.717, 1.165) is 13.1 Å². The van der Waals surface area contributed by atoms with Crippen LogP contribution in [-0.2, 0) is 14.3 Å². The van der Waals surface area contributed by atoms with Gasteiger partial charge in [0.2, 0.25) is 11.8 Å². The Balaban J connectivity index is 2.44. The van der Waals surface area contributed by atoms with Crippen LogP contribution in [0.25, 0.3) is 0 Å². The molecule has 0 aromatic heterocycles. The first kappa shape index (κ1) is 18.1. The molecule has 0 heterocycles. The lowest BCUT2D eigenvalue weighted by Gasteiger charge is -2.19. The van der Waals surface area contributed by atoms with Crippen LogP contribution in [0.2, 0.25) is 0 Å². The zero-order chi connectivity index (χ0) is 16.4. The van der Waals surface area contributed by atoms with E-state index in [0.29, 0.717) is 31.1 Å². The van der Waals surface area contributed by atoms with Crippen molar-refractivity contribution >= 4 is 23.2 Å². The van der Waals surface area contributed by atoms with Gasteiger partial charge in [0.15, 0.2) is 0 Å². The summed E-state index contributed by atoms with van der Waals surface area (Å²) in [6.07, 6.45) is 0. The quantitative estimate of drug-likeness (QED) is 0.684. The van der Waals surface area contributed by atoms with E-state index in [1.165, 1.54) is 6.92 Å². The highest BCUT2D eigenvalue weighted by Crippen LogP contribution is 2.13. The van der Waals surface area contributed by atoms with Crippen molar-refractivity contribution in [3.8, 4) is 0 Å². The minimum atomic E-state index is -0.121. The predicted molar refractivity (Wildman–Crippen MR) is 88.0 cm³/mol. The first-order chi connectivity index (χ1) is 10.5. The van der Waals surface area contributed by atoms with Crippen molar-refractivity contribution in [2.75, 3.05) is 43.5 Å². The van der Waals surface area contributed by atoms with Crippen LogP contribution in [0.4, 0.5) is 11.4 Å². The number of nitrogens with zero attached hydrogens (tertiary/aromatic N) is 1. The maximum Gasteiger partial charge on any atom is 0.238 e. The predicted octanol–water partition coefficient (Wildman–Crippen LogP) is 1.94. The molecule has 0 fully saturated rings. The summed E-state index contributed by atoms with van der Waals surface area (Å²) < 4.78 is 5.30. The summed E-state index contributed by atoms with van der Waals surface area (Å²) in [5.41, 5.74) is 1.41. The number of carbonyl (C=O) groups is 2. The highest BCUT2D eigenvalue weighted by atomic mass is 16.5. The number of likely N-dealkylation sites (N-methyl/N-ethyl adjacent to an activating group) is 1. The average molecular weight is 307 g/mol. The fraction of sp³-hybridized carbons (Fsp3) is 0.500. The van der Waals surface area contributed by atoms with E-state index in [1.54, 1.807) is 24.3 Å². The Hall–Kier alpha value is -1.92. The first-order valence-electron chi connectivity index (χ1n) is 7.52. The largest absolute Gasteiger partial charge is 0.380 e. The standard InChI is InChI=1S/C16H25N3O3/c1-4-19(10-11-22-5-2)12-16(21)18-15-8-6-14(7-9-15)17-13(3)20/h6-9H,4-5,10-12H2,1-3H3,(H,17,20)(H,18,21). The molecule has 122 valence electrons. The van der Waals surface area contributed by atoms with Crippen LogP contribution in [-0.4, -0.2) is 49.6 Å². The molecule has 0 spiro atoms. The third kappa shape index (κ3) is 7.19. The van der Waals surface area contributed by atoms with Crippen molar-refractivity contribution < 1.29 is 14.3 Å². The van der Waals surface area contributed by atoms with Gasteiger partial charge >= 0.3 is 0 Å². The van der Waals surface area contributed by atoms with Crippen LogP contribution in [0.1, 0.15) is 20.8 Å². The lowest BCUT2D eigenvalue weighted by atomic mass is 10.2. The molecule has 0 bridgehead atoms. The Labute approximate surface area is 131 Å². The van der Waals surface area contributed by atoms with Gasteiger partial charge in [-0.2, -0.15) is 0 Å². The van der Waals surface area contributed by atoms with Gasteiger partial charge < -0.3 is 15.4 Å². The Morgan fingerprint density at radius 2 is 1.68 bits per heavy atom. The molecule has 1 rings (SSSR count). The van der Waals surface area contributed by atoms with E-state index in [4.69, 9.17) is 4.74 Å². The van der Waals surface area contributed by atoms with Gasteiger partial charge in [-0.25, -0.2) is 0 Å². The Kier molecular flexibility index (Phi) is 8.17. The second kappa shape index (κ2) is 9.92. The SMILES string of the molecule is CCOCCN(CC)CC(=O)Nc1ccc(NC(C)=O)cc1. The van der Waals surface area contributed by atoms with Crippen molar-refractivity contribution in [1.82, 2.24) is 4.90 Å². The zero-order valence-corrected chi connectivity index (χ0v) is 13.5. The van der Waals surface area contributed by atoms with Crippen molar-refractivity contribution in [2.45, 2.75) is 20.8 Å². The van der Waals surface area contributed by atoms with Crippen LogP contribution >= 0.6 is 0 Å². The fourth-order valence-electron chi connectivity index (χ4n) is 1.93. The summed E-state index contributed by atoms with van der Waals surface area (Å²) in [6.45, 7) is 8.60. The number of ether oxygens (including phenoxy) is 1. The molecule has 0 saturated carbocycles. The normalized spacial score (nSPS) is 10.5. The minimum absolute atomic E-state index is 0.0642. The Morgan fingerprint density at radius 3 is 2.18 bits per heavy atom. The van der Waals surface area contributed by atoms with Crippen molar-refractivity contribution in [3.05, 3.63) is 24.3 Å².